The maximum atomic E-state index is 12.0. The highest BCUT2D eigenvalue weighted by Crippen LogP contribution is 2.25. The molecule has 1 aromatic rings. The first-order valence-electron chi connectivity index (χ1n) is 7.94. The number of nitrogens with one attached hydrogen (secondary N) is 1. The number of hydrogen-bond acceptors (Lipinski definition) is 4. The van der Waals surface area contributed by atoms with Crippen LogP contribution in [0.2, 0.25) is 0 Å². The van der Waals surface area contributed by atoms with E-state index >= 15 is 0 Å². The monoisotopic (exact) mass is 356 g/mol. The molecule has 5 nitrogen and oxygen atoms in total. The van der Waals surface area contributed by atoms with Gasteiger partial charge in [0, 0.05) is 6.42 Å². The van der Waals surface area contributed by atoms with Crippen molar-refractivity contribution in [3.63, 3.8) is 0 Å². The lowest BCUT2D eigenvalue weighted by atomic mass is 9.86. The molecule has 1 aromatic carbocycles. The van der Waals surface area contributed by atoms with Crippen LogP contribution in [0.25, 0.3) is 0 Å². The molecule has 3 N–H and O–H groups in total. The minimum absolute atomic E-state index is 0. The number of methoxy groups -OCH3 is 1. The second-order valence-corrected chi connectivity index (χ2v) is 6.66. The molecule has 0 heterocycles. The number of carbonyl (C=O) groups excluding carboxylic acids is 2. The fourth-order valence-corrected chi connectivity index (χ4v) is 2.25. The molecule has 1 rings (SSSR count). The Balaban J connectivity index is 0.00000529. The molecule has 0 spiro atoms. The largest absolute Gasteiger partial charge is 0.469 e. The Morgan fingerprint density at radius 2 is 1.79 bits per heavy atom. The molecule has 0 saturated heterocycles. The minimum Gasteiger partial charge on any atom is -0.469 e. The molecule has 6 heteroatoms. The van der Waals surface area contributed by atoms with Gasteiger partial charge in [0.25, 0.3) is 0 Å². The third-order valence-corrected chi connectivity index (χ3v) is 3.72. The predicted octanol–water partition coefficient (Wildman–Crippen LogP) is 2.87. The summed E-state index contributed by atoms with van der Waals surface area (Å²) < 4.78 is 4.73. The van der Waals surface area contributed by atoms with Crippen molar-refractivity contribution in [1.29, 1.82) is 0 Å². The molecular weight excluding hydrogens is 328 g/mol. The van der Waals surface area contributed by atoms with Gasteiger partial charge in [-0.3, -0.25) is 9.59 Å². The predicted molar refractivity (Wildman–Crippen MR) is 98.2 cm³/mol. The highest BCUT2D eigenvalue weighted by molar-refractivity contribution is 5.85. The van der Waals surface area contributed by atoms with E-state index in [2.05, 4.69) is 26.1 Å². The molecule has 0 radical (unpaired) electrons. The van der Waals surface area contributed by atoms with E-state index in [1.165, 1.54) is 12.7 Å². The van der Waals surface area contributed by atoms with Gasteiger partial charge in [0.2, 0.25) is 5.91 Å². The Labute approximate surface area is 150 Å². The van der Waals surface area contributed by atoms with Crippen molar-refractivity contribution in [2.75, 3.05) is 13.7 Å². The van der Waals surface area contributed by atoms with Crippen molar-refractivity contribution in [3.05, 3.63) is 35.4 Å². The zero-order chi connectivity index (χ0) is 17.5. The van der Waals surface area contributed by atoms with E-state index in [-0.39, 0.29) is 42.2 Å². The van der Waals surface area contributed by atoms with Gasteiger partial charge in [-0.05, 0) is 29.5 Å². The Morgan fingerprint density at radius 1 is 1.21 bits per heavy atom. The summed E-state index contributed by atoms with van der Waals surface area (Å²) in [7, 11) is 1.35. The third-order valence-electron chi connectivity index (χ3n) is 3.72. The maximum absolute atomic E-state index is 12.0. The number of ether oxygens (including phenoxy) is 1. The van der Waals surface area contributed by atoms with Crippen molar-refractivity contribution < 1.29 is 14.3 Å². The Hall–Kier alpha value is -1.59. The highest BCUT2D eigenvalue weighted by atomic mass is 35.5. The van der Waals surface area contributed by atoms with Gasteiger partial charge in [-0.1, -0.05) is 45.0 Å². The van der Waals surface area contributed by atoms with Gasteiger partial charge in [0.15, 0.2) is 0 Å². The van der Waals surface area contributed by atoms with E-state index in [9.17, 15) is 9.59 Å². The van der Waals surface area contributed by atoms with Crippen LogP contribution in [0, 0.1) is 0 Å². The van der Waals surface area contributed by atoms with E-state index in [0.717, 1.165) is 5.56 Å². The third kappa shape index (κ3) is 7.32. The highest BCUT2D eigenvalue weighted by Gasteiger charge is 2.20. The molecule has 0 fully saturated rings. The number of amides is 1. The number of halogens is 1. The van der Waals surface area contributed by atoms with Gasteiger partial charge in [-0.2, -0.15) is 0 Å². The van der Waals surface area contributed by atoms with Crippen LogP contribution >= 0.6 is 12.4 Å². The summed E-state index contributed by atoms with van der Waals surface area (Å²) in [5.74, 6) is -0.460. The van der Waals surface area contributed by atoms with E-state index in [0.29, 0.717) is 19.4 Å². The van der Waals surface area contributed by atoms with Crippen LogP contribution in [0.4, 0.5) is 0 Å². The summed E-state index contributed by atoms with van der Waals surface area (Å²) in [6.07, 6.45) is 1.09. The van der Waals surface area contributed by atoms with Crippen LogP contribution in [0.5, 0.6) is 0 Å². The smallest absolute Gasteiger partial charge is 0.307 e. The standard InChI is InChI=1S/C18H28N2O3.ClH/c1-18(2,3)14-9-7-13(8-10-14)15(12-17(22)23-4)20-16(21)6-5-11-19;/h7-10,15H,5-6,11-12,19H2,1-4H3,(H,20,21);1H. The number of benzene rings is 1. The minimum atomic E-state index is -0.387. The lowest BCUT2D eigenvalue weighted by Gasteiger charge is -2.22. The molecule has 24 heavy (non-hydrogen) atoms. The summed E-state index contributed by atoms with van der Waals surface area (Å²) >= 11 is 0. The molecule has 0 aliphatic heterocycles. The van der Waals surface area contributed by atoms with Crippen LogP contribution in [-0.2, 0) is 19.7 Å². The average molecular weight is 357 g/mol. The Kier molecular flexibility index (Phi) is 9.63. The second kappa shape index (κ2) is 10.3. The molecule has 1 atom stereocenters. The van der Waals surface area contributed by atoms with Crippen LogP contribution < -0.4 is 11.1 Å². The zero-order valence-electron chi connectivity index (χ0n) is 14.9. The number of rotatable bonds is 7. The average Bonchev–Trinajstić information content (AvgIpc) is 2.51. The van der Waals surface area contributed by atoms with Gasteiger partial charge < -0.3 is 15.8 Å². The van der Waals surface area contributed by atoms with Crippen molar-refractivity contribution in [2.24, 2.45) is 5.73 Å². The first-order chi connectivity index (χ1) is 10.8. The summed E-state index contributed by atoms with van der Waals surface area (Å²) in [5, 5.41) is 2.90. The lowest BCUT2D eigenvalue weighted by Crippen LogP contribution is -2.30. The van der Waals surface area contributed by atoms with Crippen LogP contribution in [0.1, 0.15) is 57.2 Å². The fourth-order valence-electron chi connectivity index (χ4n) is 2.25. The summed E-state index contributed by atoms with van der Waals surface area (Å²) in [6.45, 7) is 6.89. The van der Waals surface area contributed by atoms with E-state index in [1.807, 2.05) is 24.3 Å². The van der Waals surface area contributed by atoms with Crippen LogP contribution in [0.3, 0.4) is 0 Å². The Bertz CT molecular complexity index is 524. The first-order valence-corrected chi connectivity index (χ1v) is 7.94. The second-order valence-electron chi connectivity index (χ2n) is 6.66. The molecule has 1 unspecified atom stereocenters. The Morgan fingerprint density at radius 3 is 2.25 bits per heavy atom. The van der Waals surface area contributed by atoms with E-state index in [1.54, 1.807) is 0 Å². The zero-order valence-corrected chi connectivity index (χ0v) is 15.7. The SMILES string of the molecule is COC(=O)CC(NC(=O)CCCN)c1ccc(C(C)(C)C)cc1.Cl. The summed E-state index contributed by atoms with van der Waals surface area (Å²) in [4.78, 5) is 23.6. The van der Waals surface area contributed by atoms with Gasteiger partial charge in [0.05, 0.1) is 19.6 Å². The van der Waals surface area contributed by atoms with E-state index < -0.39 is 0 Å². The van der Waals surface area contributed by atoms with Crippen molar-refractivity contribution in [3.8, 4) is 0 Å². The topological polar surface area (TPSA) is 81.4 Å². The molecular formula is C18H29ClN2O3. The quantitative estimate of drug-likeness (QED) is 0.736. The van der Waals surface area contributed by atoms with Gasteiger partial charge in [-0.25, -0.2) is 0 Å². The molecule has 0 saturated carbocycles. The van der Waals surface area contributed by atoms with Crippen molar-refractivity contribution in [2.45, 2.75) is 51.5 Å². The number of carbonyl (C=O) groups is 2. The summed E-state index contributed by atoms with van der Waals surface area (Å²) in [5.41, 5.74) is 7.58. The molecule has 1 amide bonds. The maximum Gasteiger partial charge on any atom is 0.307 e. The molecule has 136 valence electrons. The van der Waals surface area contributed by atoms with Crippen LogP contribution in [-0.4, -0.2) is 25.5 Å². The number of nitrogens with two attached hydrogens (primary N) is 1. The lowest BCUT2D eigenvalue weighted by molar-refractivity contribution is -0.141. The van der Waals surface area contributed by atoms with Crippen molar-refractivity contribution in [1.82, 2.24) is 5.32 Å². The van der Waals surface area contributed by atoms with Gasteiger partial charge in [-0.15, -0.1) is 12.4 Å². The molecule has 0 aromatic heterocycles. The van der Waals surface area contributed by atoms with Crippen molar-refractivity contribution >= 4 is 24.3 Å². The molecule has 0 aliphatic rings. The molecule has 0 aliphatic carbocycles. The fraction of sp³-hybridized carbons (Fsp3) is 0.556. The number of esters is 1. The van der Waals surface area contributed by atoms with E-state index in [4.69, 9.17) is 10.5 Å². The number of hydrogen-bond donors (Lipinski definition) is 2. The molecule has 0 bridgehead atoms. The van der Waals surface area contributed by atoms with Gasteiger partial charge in [0.1, 0.15) is 0 Å². The normalized spacial score (nSPS) is 12.0. The summed E-state index contributed by atoms with van der Waals surface area (Å²) in [6, 6.07) is 7.59. The van der Waals surface area contributed by atoms with Gasteiger partial charge >= 0.3 is 5.97 Å². The van der Waals surface area contributed by atoms with Crippen LogP contribution in [0.15, 0.2) is 24.3 Å². The first kappa shape index (κ1) is 22.4.